The van der Waals surface area contributed by atoms with Gasteiger partial charge in [0.2, 0.25) is 0 Å². The fourth-order valence-electron chi connectivity index (χ4n) is 3.78. The molecule has 1 N–H and O–H groups in total. The number of aliphatic carboxylic acids is 1. The van der Waals surface area contributed by atoms with E-state index in [1.807, 2.05) is 42.6 Å². The number of nitrogens with zero attached hydrogens (tertiary/aromatic N) is 2. The molecule has 0 aliphatic carbocycles. The van der Waals surface area contributed by atoms with Gasteiger partial charge in [0.15, 0.2) is 0 Å². The Morgan fingerprint density at radius 1 is 1.04 bits per heavy atom. The number of carbonyl (C=O) groups is 1. The third-order valence-electron chi connectivity index (χ3n) is 4.92. The van der Waals surface area contributed by atoms with Gasteiger partial charge in [-0.25, -0.2) is 0 Å². The lowest BCUT2D eigenvalue weighted by molar-refractivity contribution is -0.136. The molecular weight excluding hydrogens is 328 g/mol. The van der Waals surface area contributed by atoms with Crippen LogP contribution in [-0.2, 0) is 16.0 Å². The van der Waals surface area contributed by atoms with Crippen LogP contribution in [0.5, 0.6) is 0 Å². The van der Waals surface area contributed by atoms with Crippen molar-refractivity contribution in [1.82, 2.24) is 9.47 Å². The zero-order valence-corrected chi connectivity index (χ0v) is 14.5. The Labute approximate surface area is 152 Å². The molecule has 5 heteroatoms. The smallest absolute Gasteiger partial charge is 0.307 e. The average molecular weight is 350 g/mol. The number of ether oxygens (including phenoxy) is 1. The molecule has 0 saturated carbocycles. The Balaban J connectivity index is 1.86. The molecule has 1 unspecified atom stereocenters. The quantitative estimate of drug-likeness (QED) is 0.768. The molecule has 2 aromatic carbocycles. The van der Waals surface area contributed by atoms with E-state index in [0.717, 1.165) is 29.6 Å². The Hall–Kier alpha value is -2.63. The number of hydrogen-bond acceptors (Lipinski definition) is 3. The van der Waals surface area contributed by atoms with Crippen molar-refractivity contribution in [3.05, 3.63) is 71.9 Å². The molecular formula is C21H22N2O3. The van der Waals surface area contributed by atoms with Crippen molar-refractivity contribution >= 4 is 16.9 Å². The maximum Gasteiger partial charge on any atom is 0.307 e. The fraction of sp³-hybridized carbons (Fsp3) is 0.286. The maximum atomic E-state index is 11.3. The highest BCUT2D eigenvalue weighted by molar-refractivity contribution is 5.87. The van der Waals surface area contributed by atoms with Crippen molar-refractivity contribution in [3.8, 4) is 0 Å². The number of para-hydroxylation sites is 1. The monoisotopic (exact) mass is 350 g/mol. The average Bonchev–Trinajstić information content (AvgIpc) is 3.02. The lowest BCUT2D eigenvalue weighted by Gasteiger charge is -2.36. The summed E-state index contributed by atoms with van der Waals surface area (Å²) in [5.41, 5.74) is 3.10. The Morgan fingerprint density at radius 3 is 2.46 bits per heavy atom. The minimum atomic E-state index is -0.810. The van der Waals surface area contributed by atoms with Crippen molar-refractivity contribution in [2.75, 3.05) is 26.3 Å². The number of aromatic nitrogens is 1. The summed E-state index contributed by atoms with van der Waals surface area (Å²) in [6.45, 7) is 3.12. The third kappa shape index (κ3) is 3.23. The largest absolute Gasteiger partial charge is 0.481 e. The fourth-order valence-corrected chi connectivity index (χ4v) is 3.78. The highest BCUT2D eigenvalue weighted by atomic mass is 16.5. The Morgan fingerprint density at radius 2 is 1.73 bits per heavy atom. The second kappa shape index (κ2) is 7.32. The number of carboxylic acid groups (broad SMARTS) is 1. The molecule has 4 rings (SSSR count). The molecule has 0 bridgehead atoms. The van der Waals surface area contributed by atoms with E-state index in [1.165, 1.54) is 5.56 Å². The Bertz CT molecular complexity index is 898. The van der Waals surface area contributed by atoms with Crippen molar-refractivity contribution in [2.24, 2.45) is 0 Å². The van der Waals surface area contributed by atoms with Crippen LogP contribution in [0.25, 0.3) is 10.9 Å². The predicted octanol–water partition coefficient (Wildman–Crippen LogP) is 3.15. The highest BCUT2D eigenvalue weighted by Crippen LogP contribution is 2.31. The van der Waals surface area contributed by atoms with E-state index in [1.54, 1.807) is 0 Å². The standard InChI is InChI=1S/C21H22N2O3/c24-20(25)14-17-15-23(19-9-5-4-8-18(17)19)21(16-6-2-1-3-7-16)22-10-12-26-13-11-22/h1-9,15,21H,10-14H2,(H,24,25). The molecule has 26 heavy (non-hydrogen) atoms. The molecule has 1 aromatic heterocycles. The first kappa shape index (κ1) is 16.8. The number of fused-ring (bicyclic) bond motifs is 1. The van der Waals surface area contributed by atoms with E-state index in [4.69, 9.17) is 4.74 Å². The molecule has 1 aliphatic rings. The van der Waals surface area contributed by atoms with Crippen molar-refractivity contribution in [1.29, 1.82) is 0 Å². The van der Waals surface area contributed by atoms with E-state index in [0.29, 0.717) is 13.2 Å². The molecule has 0 amide bonds. The minimum absolute atomic E-state index is 0.0209. The van der Waals surface area contributed by atoms with Crippen molar-refractivity contribution in [3.63, 3.8) is 0 Å². The summed E-state index contributed by atoms with van der Waals surface area (Å²) in [6.07, 6.45) is 2.05. The van der Waals surface area contributed by atoms with Crippen LogP contribution in [0.1, 0.15) is 17.3 Å². The van der Waals surface area contributed by atoms with Gasteiger partial charge >= 0.3 is 5.97 Å². The third-order valence-corrected chi connectivity index (χ3v) is 4.92. The van der Waals surface area contributed by atoms with Gasteiger partial charge in [-0.2, -0.15) is 0 Å². The van der Waals surface area contributed by atoms with Gasteiger partial charge in [0, 0.05) is 30.2 Å². The first-order chi connectivity index (χ1) is 12.7. The summed E-state index contributed by atoms with van der Waals surface area (Å²) in [5.74, 6) is -0.810. The Kier molecular flexibility index (Phi) is 4.73. The number of carboxylic acids is 1. The summed E-state index contributed by atoms with van der Waals surface area (Å²) in [5, 5.41) is 10.3. The number of rotatable bonds is 5. The zero-order chi connectivity index (χ0) is 17.9. The number of morpholine rings is 1. The van der Waals surface area contributed by atoms with Gasteiger partial charge in [-0.1, -0.05) is 48.5 Å². The summed E-state index contributed by atoms with van der Waals surface area (Å²) in [6, 6.07) is 18.4. The predicted molar refractivity (Wildman–Crippen MR) is 100 cm³/mol. The van der Waals surface area contributed by atoms with Gasteiger partial charge in [-0.3, -0.25) is 9.69 Å². The molecule has 0 radical (unpaired) electrons. The highest BCUT2D eigenvalue weighted by Gasteiger charge is 2.26. The van der Waals surface area contributed by atoms with Gasteiger partial charge < -0.3 is 14.4 Å². The van der Waals surface area contributed by atoms with Gasteiger partial charge in [-0.15, -0.1) is 0 Å². The van der Waals surface area contributed by atoms with E-state index in [-0.39, 0.29) is 12.6 Å². The van der Waals surface area contributed by atoms with Crippen LogP contribution in [0.3, 0.4) is 0 Å². The van der Waals surface area contributed by atoms with Crippen LogP contribution in [0.2, 0.25) is 0 Å². The first-order valence-corrected chi connectivity index (χ1v) is 8.91. The van der Waals surface area contributed by atoms with Crippen LogP contribution >= 0.6 is 0 Å². The number of benzene rings is 2. The van der Waals surface area contributed by atoms with E-state index < -0.39 is 5.97 Å². The minimum Gasteiger partial charge on any atom is -0.481 e. The lowest BCUT2D eigenvalue weighted by Crippen LogP contribution is -2.41. The van der Waals surface area contributed by atoms with E-state index >= 15 is 0 Å². The van der Waals surface area contributed by atoms with Gasteiger partial charge in [0.25, 0.3) is 0 Å². The molecule has 2 heterocycles. The molecule has 1 aliphatic heterocycles. The summed E-state index contributed by atoms with van der Waals surface area (Å²) >= 11 is 0. The van der Waals surface area contributed by atoms with E-state index in [9.17, 15) is 9.90 Å². The maximum absolute atomic E-state index is 11.3. The van der Waals surface area contributed by atoms with Crippen LogP contribution in [-0.4, -0.2) is 46.8 Å². The molecule has 5 nitrogen and oxygen atoms in total. The second-order valence-corrected chi connectivity index (χ2v) is 6.58. The van der Waals surface area contributed by atoms with Crippen molar-refractivity contribution in [2.45, 2.75) is 12.6 Å². The second-order valence-electron chi connectivity index (χ2n) is 6.58. The van der Waals surface area contributed by atoms with Gasteiger partial charge in [0.05, 0.1) is 19.6 Å². The van der Waals surface area contributed by atoms with Crippen LogP contribution in [0.15, 0.2) is 60.8 Å². The molecule has 0 spiro atoms. The zero-order valence-electron chi connectivity index (χ0n) is 14.5. The molecule has 1 saturated heterocycles. The SMILES string of the molecule is O=C(O)Cc1cn(C(c2ccccc2)N2CCOCC2)c2ccccc12. The van der Waals surface area contributed by atoms with Crippen LogP contribution in [0.4, 0.5) is 0 Å². The summed E-state index contributed by atoms with van der Waals surface area (Å²) in [4.78, 5) is 13.7. The van der Waals surface area contributed by atoms with Gasteiger partial charge in [0.1, 0.15) is 6.17 Å². The molecule has 1 atom stereocenters. The van der Waals surface area contributed by atoms with Crippen molar-refractivity contribution < 1.29 is 14.6 Å². The number of hydrogen-bond donors (Lipinski definition) is 1. The summed E-state index contributed by atoms with van der Waals surface area (Å²) in [7, 11) is 0. The van der Waals surface area contributed by atoms with Gasteiger partial charge in [-0.05, 0) is 17.2 Å². The topological polar surface area (TPSA) is 54.7 Å². The molecule has 3 aromatic rings. The molecule has 1 fully saturated rings. The van der Waals surface area contributed by atoms with Crippen LogP contribution in [0, 0.1) is 0 Å². The molecule has 134 valence electrons. The first-order valence-electron chi connectivity index (χ1n) is 8.91. The van der Waals surface area contributed by atoms with Crippen LogP contribution < -0.4 is 0 Å². The van der Waals surface area contributed by atoms with E-state index in [2.05, 4.69) is 27.7 Å². The summed E-state index contributed by atoms with van der Waals surface area (Å²) < 4.78 is 7.75. The normalized spacial score (nSPS) is 16.6. The lowest BCUT2D eigenvalue weighted by atomic mass is 10.1.